The van der Waals surface area contributed by atoms with Crippen molar-refractivity contribution in [2.75, 3.05) is 0 Å². The van der Waals surface area contributed by atoms with Gasteiger partial charge in [0.15, 0.2) is 0 Å². The van der Waals surface area contributed by atoms with E-state index in [1.165, 1.54) is 0 Å². The summed E-state index contributed by atoms with van der Waals surface area (Å²) in [7, 11) is -2.14. The summed E-state index contributed by atoms with van der Waals surface area (Å²) in [5, 5.41) is 8.22. The van der Waals surface area contributed by atoms with Crippen molar-refractivity contribution in [1.82, 2.24) is 8.54 Å². The van der Waals surface area contributed by atoms with Crippen molar-refractivity contribution in [3.63, 3.8) is 0 Å². The maximum Gasteiger partial charge on any atom is 0.271 e. The Labute approximate surface area is 141 Å². The Hall–Kier alpha value is -2.34. The first-order valence-corrected chi connectivity index (χ1v) is 9.15. The lowest BCUT2D eigenvalue weighted by Gasteiger charge is -2.19. The second-order valence-corrected chi connectivity index (χ2v) is 8.70. The SMILES string of the molecule is Cn1c(=N)n(S(=O)(=O)c2ccc(C(C)(C)C)cc2)c2ccccc21. The van der Waals surface area contributed by atoms with Crippen LogP contribution < -0.4 is 5.62 Å². The minimum Gasteiger partial charge on any atom is -0.313 e. The van der Waals surface area contributed by atoms with Crippen LogP contribution in [0.3, 0.4) is 0 Å². The van der Waals surface area contributed by atoms with Crippen LogP contribution in [0.5, 0.6) is 0 Å². The number of hydrogen-bond acceptors (Lipinski definition) is 3. The highest BCUT2D eigenvalue weighted by Crippen LogP contribution is 2.25. The van der Waals surface area contributed by atoms with Gasteiger partial charge in [-0.25, -0.2) is 12.4 Å². The highest BCUT2D eigenvalue weighted by Gasteiger charge is 2.23. The molecule has 126 valence electrons. The third-order valence-corrected chi connectivity index (χ3v) is 5.95. The van der Waals surface area contributed by atoms with Gasteiger partial charge in [0.1, 0.15) is 0 Å². The van der Waals surface area contributed by atoms with E-state index >= 15 is 0 Å². The van der Waals surface area contributed by atoms with Crippen LogP contribution in [-0.2, 0) is 22.5 Å². The van der Waals surface area contributed by atoms with Gasteiger partial charge in [-0.1, -0.05) is 45.0 Å². The summed E-state index contributed by atoms with van der Waals surface area (Å²) in [5.41, 5.74) is 2.16. The molecule has 2 aromatic carbocycles. The van der Waals surface area contributed by atoms with Crippen molar-refractivity contribution in [2.24, 2.45) is 7.05 Å². The molecule has 0 bridgehead atoms. The summed E-state index contributed by atoms with van der Waals surface area (Å²) in [5.74, 6) is 0. The highest BCUT2D eigenvalue weighted by atomic mass is 32.2. The monoisotopic (exact) mass is 343 g/mol. The Morgan fingerprint density at radius 1 is 0.917 bits per heavy atom. The standard InChI is InChI=1S/C18H21N3O2S/c1-18(2,3)13-9-11-14(12-10-13)24(22,23)21-16-8-6-5-7-15(16)20(4)17(21)19/h5-12,19H,1-4H3. The van der Waals surface area contributed by atoms with Gasteiger partial charge in [-0.15, -0.1) is 0 Å². The van der Waals surface area contributed by atoms with Crippen LogP contribution in [-0.4, -0.2) is 17.0 Å². The molecule has 0 radical (unpaired) electrons. The molecule has 0 spiro atoms. The lowest BCUT2D eigenvalue weighted by Crippen LogP contribution is -2.28. The van der Waals surface area contributed by atoms with E-state index in [2.05, 4.69) is 20.8 Å². The fourth-order valence-electron chi connectivity index (χ4n) is 2.76. The van der Waals surface area contributed by atoms with Gasteiger partial charge in [0.25, 0.3) is 10.0 Å². The van der Waals surface area contributed by atoms with E-state index in [4.69, 9.17) is 5.41 Å². The van der Waals surface area contributed by atoms with E-state index in [0.717, 1.165) is 9.54 Å². The number of nitrogens with zero attached hydrogens (tertiary/aromatic N) is 2. The number of nitrogens with one attached hydrogen (secondary N) is 1. The van der Waals surface area contributed by atoms with Crippen LogP contribution in [0.2, 0.25) is 0 Å². The molecular weight excluding hydrogens is 322 g/mol. The zero-order chi connectivity index (χ0) is 17.7. The molecule has 1 heterocycles. The Kier molecular flexibility index (Phi) is 3.68. The van der Waals surface area contributed by atoms with Crippen LogP contribution in [0.25, 0.3) is 11.0 Å². The molecule has 0 atom stereocenters. The minimum atomic E-state index is -3.83. The zero-order valence-electron chi connectivity index (χ0n) is 14.2. The zero-order valence-corrected chi connectivity index (χ0v) is 15.1. The molecule has 3 aromatic rings. The maximum absolute atomic E-state index is 13.1. The second-order valence-electron chi connectivity index (χ2n) is 6.92. The highest BCUT2D eigenvalue weighted by molar-refractivity contribution is 7.90. The maximum atomic E-state index is 13.1. The number of rotatable bonds is 2. The second kappa shape index (κ2) is 5.34. The molecule has 0 amide bonds. The van der Waals surface area contributed by atoms with E-state index in [0.29, 0.717) is 11.0 Å². The largest absolute Gasteiger partial charge is 0.313 e. The number of aromatic nitrogens is 2. The summed E-state index contributed by atoms with van der Waals surface area (Å²) >= 11 is 0. The van der Waals surface area contributed by atoms with Crippen molar-refractivity contribution in [3.05, 3.63) is 59.7 Å². The predicted octanol–water partition coefficient (Wildman–Crippen LogP) is 2.99. The molecule has 24 heavy (non-hydrogen) atoms. The molecule has 1 N–H and O–H groups in total. The molecule has 0 aliphatic rings. The van der Waals surface area contributed by atoms with Crippen molar-refractivity contribution < 1.29 is 8.42 Å². The minimum absolute atomic E-state index is 0.0462. The molecular formula is C18H21N3O2S. The number of imidazole rings is 1. The lowest BCUT2D eigenvalue weighted by molar-refractivity contribution is 0.580. The van der Waals surface area contributed by atoms with Gasteiger partial charge < -0.3 is 4.57 Å². The van der Waals surface area contributed by atoms with Crippen LogP contribution >= 0.6 is 0 Å². The number of aryl methyl sites for hydroxylation is 1. The first kappa shape index (κ1) is 16.5. The Morgan fingerprint density at radius 3 is 2.00 bits per heavy atom. The molecule has 0 saturated carbocycles. The van der Waals surface area contributed by atoms with Crippen LogP contribution in [0.1, 0.15) is 26.3 Å². The van der Waals surface area contributed by atoms with E-state index in [-0.39, 0.29) is 15.9 Å². The molecule has 5 nitrogen and oxygen atoms in total. The third-order valence-electron chi connectivity index (χ3n) is 4.23. The third kappa shape index (κ3) is 2.47. The Balaban J connectivity index is 2.23. The Morgan fingerprint density at radius 2 is 1.46 bits per heavy atom. The normalized spacial score (nSPS) is 12.7. The molecule has 6 heteroatoms. The van der Waals surface area contributed by atoms with Gasteiger partial charge in [0.2, 0.25) is 5.62 Å². The van der Waals surface area contributed by atoms with Gasteiger partial charge in [-0.2, -0.15) is 0 Å². The summed E-state index contributed by atoms with van der Waals surface area (Å²) in [4.78, 5) is 0.186. The number of para-hydroxylation sites is 2. The number of fused-ring (bicyclic) bond motifs is 1. The quantitative estimate of drug-likeness (QED) is 0.777. The van der Waals surface area contributed by atoms with Gasteiger partial charge in [-0.3, -0.25) is 5.41 Å². The number of benzene rings is 2. The fourth-order valence-corrected chi connectivity index (χ4v) is 4.21. The molecule has 0 unspecified atom stereocenters. The van der Waals surface area contributed by atoms with Crippen molar-refractivity contribution in [3.8, 4) is 0 Å². The van der Waals surface area contributed by atoms with Crippen LogP contribution in [0.15, 0.2) is 53.4 Å². The number of hydrogen-bond donors (Lipinski definition) is 1. The summed E-state index contributed by atoms with van der Waals surface area (Å²) in [6.45, 7) is 6.24. The van der Waals surface area contributed by atoms with Gasteiger partial charge in [-0.05, 0) is 35.2 Å². The molecule has 0 aliphatic heterocycles. The van der Waals surface area contributed by atoms with Crippen molar-refractivity contribution in [2.45, 2.75) is 31.1 Å². The first-order valence-electron chi connectivity index (χ1n) is 7.71. The molecule has 3 rings (SSSR count). The van der Waals surface area contributed by atoms with E-state index in [9.17, 15) is 8.42 Å². The van der Waals surface area contributed by atoms with E-state index in [1.54, 1.807) is 35.9 Å². The first-order chi connectivity index (χ1) is 11.1. The predicted molar refractivity (Wildman–Crippen MR) is 94.5 cm³/mol. The molecule has 0 saturated heterocycles. The van der Waals surface area contributed by atoms with Gasteiger partial charge in [0, 0.05) is 7.05 Å². The fraction of sp³-hybridized carbons (Fsp3) is 0.278. The molecule has 0 aliphatic carbocycles. The van der Waals surface area contributed by atoms with Crippen LogP contribution in [0, 0.1) is 5.41 Å². The lowest BCUT2D eigenvalue weighted by atomic mass is 9.87. The average Bonchev–Trinajstić information content (AvgIpc) is 2.79. The van der Waals surface area contributed by atoms with Crippen molar-refractivity contribution in [1.29, 1.82) is 5.41 Å². The van der Waals surface area contributed by atoms with Gasteiger partial charge >= 0.3 is 0 Å². The van der Waals surface area contributed by atoms with E-state index in [1.807, 2.05) is 24.3 Å². The van der Waals surface area contributed by atoms with Crippen molar-refractivity contribution >= 4 is 21.1 Å². The summed E-state index contributed by atoms with van der Waals surface area (Å²) in [6.07, 6.45) is 0. The molecule has 0 fully saturated rings. The summed E-state index contributed by atoms with van der Waals surface area (Å²) in [6, 6.07) is 14.0. The van der Waals surface area contributed by atoms with E-state index < -0.39 is 10.0 Å². The average molecular weight is 343 g/mol. The van der Waals surface area contributed by atoms with Crippen LogP contribution in [0.4, 0.5) is 0 Å². The Bertz CT molecular complexity index is 1070. The summed E-state index contributed by atoms with van der Waals surface area (Å²) < 4.78 is 28.8. The smallest absolute Gasteiger partial charge is 0.271 e. The topological polar surface area (TPSA) is 67.8 Å². The van der Waals surface area contributed by atoms with Gasteiger partial charge in [0.05, 0.1) is 15.9 Å². The molecule has 1 aromatic heterocycles.